The lowest BCUT2D eigenvalue weighted by Crippen LogP contribution is -2.27. The minimum absolute atomic E-state index is 0.0143. The second kappa shape index (κ2) is 7.69. The van der Waals surface area contributed by atoms with E-state index < -0.39 is 17.4 Å². The molecule has 2 aromatic heterocycles. The highest BCUT2D eigenvalue weighted by Gasteiger charge is 2.49. The maximum atomic E-state index is 14.6. The monoisotopic (exact) mass is 466 g/mol. The van der Waals surface area contributed by atoms with Crippen LogP contribution in [0.1, 0.15) is 52.8 Å². The van der Waals surface area contributed by atoms with E-state index in [0.29, 0.717) is 32.4 Å². The van der Waals surface area contributed by atoms with E-state index in [1.54, 1.807) is 4.90 Å². The van der Waals surface area contributed by atoms with Crippen molar-refractivity contribution in [3.05, 3.63) is 53.3 Å². The molecule has 5 rings (SSSR count). The van der Waals surface area contributed by atoms with E-state index in [1.807, 2.05) is 0 Å². The number of aromatic nitrogens is 3. The molecule has 3 aromatic rings. The molecule has 2 aliphatic rings. The third-order valence-electron chi connectivity index (χ3n) is 6.05. The fraction of sp³-hybridized carbons (Fsp3) is 0.304. The molecule has 0 spiro atoms. The number of halogens is 2. The van der Waals surface area contributed by atoms with Crippen molar-refractivity contribution in [3.8, 4) is 11.8 Å². The van der Waals surface area contributed by atoms with Gasteiger partial charge in [-0.3, -0.25) is 9.59 Å². The number of hydrogen-bond donors (Lipinski definition) is 2. The van der Waals surface area contributed by atoms with Crippen molar-refractivity contribution >= 4 is 28.7 Å². The van der Waals surface area contributed by atoms with E-state index in [0.717, 1.165) is 6.07 Å². The molecule has 1 saturated carbocycles. The van der Waals surface area contributed by atoms with Crippen LogP contribution in [0, 0.1) is 17.7 Å². The molecule has 0 unspecified atom stereocenters. The second-order valence-electron chi connectivity index (χ2n) is 8.38. The van der Waals surface area contributed by atoms with Crippen LogP contribution in [-0.4, -0.2) is 44.6 Å². The summed E-state index contributed by atoms with van der Waals surface area (Å²) in [5.41, 5.74) is 10.3. The lowest BCUT2D eigenvalue weighted by molar-refractivity contribution is -0.125. The Balaban J connectivity index is 1.49. The lowest BCUT2D eigenvalue weighted by atomic mass is 10.1. The van der Waals surface area contributed by atoms with Gasteiger partial charge in [0.15, 0.2) is 16.9 Å². The maximum absolute atomic E-state index is 14.6. The van der Waals surface area contributed by atoms with Crippen molar-refractivity contribution in [2.45, 2.75) is 31.0 Å². The first-order valence-electron chi connectivity index (χ1n) is 10.6. The van der Waals surface area contributed by atoms with Crippen LogP contribution in [0.25, 0.3) is 11.1 Å². The first-order chi connectivity index (χ1) is 16.2. The number of carbonyl (C=O) groups excluding carboxylic acids is 2. The predicted octanol–water partition coefficient (Wildman–Crippen LogP) is 2.16. The Morgan fingerprint density at radius 3 is 2.76 bits per heavy atom. The van der Waals surface area contributed by atoms with E-state index in [2.05, 4.69) is 28.5 Å². The van der Waals surface area contributed by atoms with Gasteiger partial charge in [-0.25, -0.2) is 18.4 Å². The van der Waals surface area contributed by atoms with Gasteiger partial charge < -0.3 is 20.8 Å². The SMILES string of the molecule is C=CC(=O)N1CC[C@H](n2nc(C#Cc3cc4nc(C5(F)CC5)oc4cc3F)c(C(N)=O)c2N)C1. The highest BCUT2D eigenvalue weighted by atomic mass is 19.1. The van der Waals surface area contributed by atoms with Crippen LogP contribution in [0.5, 0.6) is 0 Å². The molecule has 0 bridgehead atoms. The summed E-state index contributed by atoms with van der Waals surface area (Å²) >= 11 is 0. The Bertz CT molecular complexity index is 1430. The number of rotatable bonds is 4. The third-order valence-corrected chi connectivity index (χ3v) is 6.05. The Morgan fingerprint density at radius 2 is 2.09 bits per heavy atom. The largest absolute Gasteiger partial charge is 0.437 e. The molecule has 2 amide bonds. The Kier molecular flexibility index (Phi) is 4.89. The fourth-order valence-corrected chi connectivity index (χ4v) is 4.01. The zero-order chi connectivity index (χ0) is 24.2. The zero-order valence-electron chi connectivity index (χ0n) is 18.0. The van der Waals surface area contributed by atoms with Crippen LogP contribution >= 0.6 is 0 Å². The number of likely N-dealkylation sites (tertiary alicyclic amines) is 1. The topological polar surface area (TPSA) is 133 Å². The van der Waals surface area contributed by atoms with E-state index in [4.69, 9.17) is 15.9 Å². The Labute approximate surface area is 192 Å². The van der Waals surface area contributed by atoms with Crippen LogP contribution in [0.4, 0.5) is 14.6 Å². The van der Waals surface area contributed by atoms with Gasteiger partial charge in [0.1, 0.15) is 22.7 Å². The molecule has 9 nitrogen and oxygen atoms in total. The van der Waals surface area contributed by atoms with Crippen molar-refractivity contribution in [2.75, 3.05) is 18.8 Å². The van der Waals surface area contributed by atoms with Gasteiger partial charge in [0.2, 0.25) is 11.8 Å². The number of alkyl halides is 1. The molecule has 2 fully saturated rings. The molecule has 1 aliphatic heterocycles. The van der Waals surface area contributed by atoms with Gasteiger partial charge in [0.05, 0.1) is 11.6 Å². The number of amides is 2. The Hall–Kier alpha value is -4.20. The van der Waals surface area contributed by atoms with E-state index in [-0.39, 0.29) is 51.6 Å². The van der Waals surface area contributed by atoms with Gasteiger partial charge in [-0.15, -0.1) is 0 Å². The minimum Gasteiger partial charge on any atom is -0.437 e. The number of nitrogens with zero attached hydrogens (tertiary/aromatic N) is 4. The number of hydrogen-bond acceptors (Lipinski definition) is 6. The van der Waals surface area contributed by atoms with Crippen molar-refractivity contribution in [2.24, 2.45) is 5.73 Å². The number of benzene rings is 1. The van der Waals surface area contributed by atoms with Crippen LogP contribution in [0.2, 0.25) is 0 Å². The Morgan fingerprint density at radius 1 is 1.32 bits per heavy atom. The lowest BCUT2D eigenvalue weighted by Gasteiger charge is -2.15. The number of nitrogens with two attached hydrogens (primary N) is 2. The standard InChI is InChI=1S/C23H20F2N6O3/c1-2-18(32)30-8-5-13(11-30)31-20(26)19(21(27)33)15(29-31)4-3-12-9-16-17(10-14(12)24)34-22(28-16)23(25)6-7-23/h2,9-10,13H,1,5-8,11,26H2,(H2,27,33)/t13-/m0/s1. The predicted molar refractivity (Wildman–Crippen MR) is 118 cm³/mol. The molecule has 34 heavy (non-hydrogen) atoms. The number of carbonyl (C=O) groups is 2. The summed E-state index contributed by atoms with van der Waals surface area (Å²) < 4.78 is 35.6. The number of anilines is 1. The average molecular weight is 466 g/mol. The van der Waals surface area contributed by atoms with Gasteiger partial charge in [-0.2, -0.15) is 5.10 Å². The minimum atomic E-state index is -1.59. The van der Waals surface area contributed by atoms with Gasteiger partial charge >= 0.3 is 0 Å². The summed E-state index contributed by atoms with van der Waals surface area (Å²) in [5, 5.41) is 4.33. The highest BCUT2D eigenvalue weighted by molar-refractivity contribution is 5.99. The molecule has 1 saturated heterocycles. The van der Waals surface area contributed by atoms with Crippen LogP contribution in [-0.2, 0) is 10.5 Å². The summed E-state index contributed by atoms with van der Waals surface area (Å²) in [6.07, 6.45) is 2.42. The number of primary amides is 1. The summed E-state index contributed by atoms with van der Waals surface area (Å²) in [6, 6.07) is 2.15. The first kappa shape index (κ1) is 21.6. The number of oxazole rings is 1. The van der Waals surface area contributed by atoms with E-state index in [1.165, 1.54) is 16.8 Å². The summed E-state index contributed by atoms with van der Waals surface area (Å²) in [5.74, 6) is 3.49. The normalized spacial score (nSPS) is 18.5. The summed E-state index contributed by atoms with van der Waals surface area (Å²) in [7, 11) is 0. The second-order valence-corrected chi connectivity index (χ2v) is 8.38. The van der Waals surface area contributed by atoms with Crippen molar-refractivity contribution in [1.82, 2.24) is 19.7 Å². The summed E-state index contributed by atoms with van der Waals surface area (Å²) in [4.78, 5) is 29.6. The number of nitrogen functional groups attached to an aromatic ring is 1. The molecule has 1 aromatic carbocycles. The average Bonchev–Trinajstić information content (AvgIpc) is 3.15. The van der Waals surface area contributed by atoms with E-state index in [9.17, 15) is 18.4 Å². The molecule has 4 N–H and O–H groups in total. The van der Waals surface area contributed by atoms with Gasteiger partial charge in [0, 0.05) is 19.2 Å². The van der Waals surface area contributed by atoms with Crippen LogP contribution < -0.4 is 11.5 Å². The fourth-order valence-electron chi connectivity index (χ4n) is 4.01. The van der Waals surface area contributed by atoms with Crippen LogP contribution in [0.3, 0.4) is 0 Å². The molecule has 11 heteroatoms. The van der Waals surface area contributed by atoms with Gasteiger partial charge in [-0.1, -0.05) is 12.5 Å². The molecule has 1 atom stereocenters. The van der Waals surface area contributed by atoms with Crippen molar-refractivity contribution in [3.63, 3.8) is 0 Å². The molecule has 3 heterocycles. The van der Waals surface area contributed by atoms with Crippen molar-refractivity contribution in [1.29, 1.82) is 0 Å². The smallest absolute Gasteiger partial charge is 0.255 e. The molecule has 0 radical (unpaired) electrons. The van der Waals surface area contributed by atoms with Gasteiger partial charge in [0.25, 0.3) is 5.91 Å². The maximum Gasteiger partial charge on any atom is 0.255 e. The van der Waals surface area contributed by atoms with Crippen LogP contribution in [0.15, 0.2) is 29.2 Å². The summed E-state index contributed by atoms with van der Waals surface area (Å²) in [6.45, 7) is 4.29. The van der Waals surface area contributed by atoms with Gasteiger partial charge in [-0.05, 0) is 37.3 Å². The van der Waals surface area contributed by atoms with E-state index >= 15 is 0 Å². The molecular formula is C23H20F2N6O3. The number of fused-ring (bicyclic) bond motifs is 1. The molecule has 174 valence electrons. The molecular weight excluding hydrogens is 446 g/mol. The third kappa shape index (κ3) is 3.57. The highest BCUT2D eigenvalue weighted by Crippen LogP contribution is 2.49. The van der Waals surface area contributed by atoms with Crippen molar-refractivity contribution < 1.29 is 22.8 Å². The molecule has 1 aliphatic carbocycles. The quantitative estimate of drug-likeness (QED) is 0.447. The zero-order valence-corrected chi connectivity index (χ0v) is 18.0. The first-order valence-corrected chi connectivity index (χ1v) is 10.6.